The summed E-state index contributed by atoms with van der Waals surface area (Å²) in [7, 11) is 0. The van der Waals surface area contributed by atoms with Crippen LogP contribution in [0, 0.1) is 11.3 Å². The van der Waals surface area contributed by atoms with Gasteiger partial charge in [0, 0.05) is 0 Å². The third-order valence-electron chi connectivity index (χ3n) is 3.01. The molecule has 0 spiro atoms. The molecule has 2 unspecified atom stereocenters. The number of aliphatic carboxylic acids is 2. The third kappa shape index (κ3) is 2.29. The summed E-state index contributed by atoms with van der Waals surface area (Å²) in [4.78, 5) is 21.8. The van der Waals surface area contributed by atoms with Gasteiger partial charge in [0.25, 0.3) is 0 Å². The molecule has 0 aliphatic heterocycles. The van der Waals surface area contributed by atoms with E-state index in [1.807, 2.05) is 13.8 Å². The lowest BCUT2D eigenvalue weighted by Gasteiger charge is -2.32. The highest BCUT2D eigenvalue weighted by Gasteiger charge is 2.45. The Balaban J connectivity index is 3.36. The number of hydrogen-bond acceptors (Lipinski definition) is 2. The normalized spacial score (nSPS) is 28.6. The minimum absolute atomic E-state index is 0.0377. The summed E-state index contributed by atoms with van der Waals surface area (Å²) in [6.07, 6.45) is 3.16. The Labute approximate surface area is 108 Å². The van der Waals surface area contributed by atoms with Gasteiger partial charge in [-0.05, 0) is 18.4 Å². The summed E-state index contributed by atoms with van der Waals surface area (Å²) in [5.74, 6) is -2.08. The molecule has 1 aliphatic rings. The quantitative estimate of drug-likeness (QED) is 0.785. The van der Waals surface area contributed by atoms with Crippen molar-refractivity contribution in [3.8, 4) is 0 Å². The summed E-state index contributed by atoms with van der Waals surface area (Å²) >= 11 is 3.22. The predicted octanol–water partition coefficient (Wildman–Crippen LogP) is 2.45. The average molecular weight is 303 g/mol. The molecule has 2 N–H and O–H groups in total. The highest BCUT2D eigenvalue weighted by Crippen LogP contribution is 2.41. The van der Waals surface area contributed by atoms with E-state index < -0.39 is 22.2 Å². The lowest BCUT2D eigenvalue weighted by Crippen LogP contribution is -2.40. The Bertz CT molecular complexity index is 422. The van der Waals surface area contributed by atoms with Crippen molar-refractivity contribution < 1.29 is 19.8 Å². The van der Waals surface area contributed by atoms with Gasteiger partial charge < -0.3 is 10.2 Å². The maximum absolute atomic E-state index is 11.3. The lowest BCUT2D eigenvalue weighted by atomic mass is 9.75. The van der Waals surface area contributed by atoms with E-state index in [9.17, 15) is 19.8 Å². The highest BCUT2D eigenvalue weighted by molar-refractivity contribution is 9.09. The Morgan fingerprint density at radius 3 is 2.29 bits per heavy atom. The molecule has 0 aromatic rings. The molecular weight excluding hydrogens is 288 g/mol. The predicted molar refractivity (Wildman–Crippen MR) is 67.1 cm³/mol. The zero-order valence-corrected chi connectivity index (χ0v) is 11.5. The number of carboxylic acids is 2. The SMILES string of the molecule is CC(C)C1=C(C(=O)O)C(Br)C(C)(C(=O)O)C=C1. The van der Waals surface area contributed by atoms with Crippen molar-refractivity contribution in [2.45, 2.75) is 25.6 Å². The molecule has 0 aromatic heterocycles. The van der Waals surface area contributed by atoms with Crippen LogP contribution in [0.1, 0.15) is 20.8 Å². The van der Waals surface area contributed by atoms with Crippen molar-refractivity contribution in [3.63, 3.8) is 0 Å². The monoisotopic (exact) mass is 302 g/mol. The largest absolute Gasteiger partial charge is 0.481 e. The van der Waals surface area contributed by atoms with Crippen molar-refractivity contribution in [1.82, 2.24) is 0 Å². The van der Waals surface area contributed by atoms with Crippen molar-refractivity contribution in [3.05, 3.63) is 23.3 Å². The third-order valence-corrected chi connectivity index (χ3v) is 4.42. The van der Waals surface area contributed by atoms with Gasteiger partial charge >= 0.3 is 11.9 Å². The fourth-order valence-electron chi connectivity index (χ4n) is 1.80. The number of alkyl halides is 1. The summed E-state index contributed by atoms with van der Waals surface area (Å²) in [5, 5.41) is 18.4. The van der Waals surface area contributed by atoms with Crippen molar-refractivity contribution in [2.75, 3.05) is 0 Å². The van der Waals surface area contributed by atoms with Crippen LogP contribution in [0.25, 0.3) is 0 Å². The minimum atomic E-state index is -1.23. The Kier molecular flexibility index (Phi) is 3.81. The molecule has 0 heterocycles. The summed E-state index contributed by atoms with van der Waals surface area (Å²) < 4.78 is 0. The van der Waals surface area contributed by atoms with Crippen LogP contribution in [0.15, 0.2) is 23.3 Å². The van der Waals surface area contributed by atoms with Gasteiger partial charge in [0.05, 0.1) is 10.4 Å². The van der Waals surface area contributed by atoms with Crippen LogP contribution in [0.2, 0.25) is 0 Å². The zero-order chi connectivity index (χ0) is 13.4. The second-order valence-corrected chi connectivity index (χ2v) is 5.53. The number of allylic oxidation sites excluding steroid dienone is 2. The van der Waals surface area contributed by atoms with Crippen LogP contribution in [0.3, 0.4) is 0 Å². The molecule has 0 bridgehead atoms. The number of carbonyl (C=O) groups is 2. The lowest BCUT2D eigenvalue weighted by molar-refractivity contribution is -0.145. The molecule has 1 aliphatic carbocycles. The molecule has 0 aromatic carbocycles. The maximum atomic E-state index is 11.3. The van der Waals surface area contributed by atoms with Gasteiger partial charge in [-0.25, -0.2) is 4.79 Å². The first-order valence-electron chi connectivity index (χ1n) is 5.26. The fraction of sp³-hybridized carbons (Fsp3) is 0.500. The highest BCUT2D eigenvalue weighted by atomic mass is 79.9. The van der Waals surface area contributed by atoms with Crippen molar-refractivity contribution >= 4 is 27.9 Å². The smallest absolute Gasteiger partial charge is 0.333 e. The Morgan fingerprint density at radius 2 is 1.94 bits per heavy atom. The molecule has 1 rings (SSSR count). The average Bonchev–Trinajstić information content (AvgIpc) is 2.20. The molecule has 0 amide bonds. The van der Waals surface area contributed by atoms with Crippen LogP contribution >= 0.6 is 15.9 Å². The summed E-state index contributed by atoms with van der Waals surface area (Å²) in [5.41, 5.74) is -0.433. The van der Waals surface area contributed by atoms with Gasteiger partial charge in [-0.3, -0.25) is 4.79 Å². The van der Waals surface area contributed by atoms with Crippen LogP contribution in [-0.2, 0) is 9.59 Å². The number of carboxylic acid groups (broad SMARTS) is 2. The Morgan fingerprint density at radius 1 is 1.41 bits per heavy atom. The van der Waals surface area contributed by atoms with E-state index in [0.717, 1.165) is 0 Å². The molecule has 4 nitrogen and oxygen atoms in total. The van der Waals surface area contributed by atoms with Gasteiger partial charge in [0.15, 0.2) is 0 Å². The molecule has 0 saturated carbocycles. The summed E-state index contributed by atoms with van der Waals surface area (Å²) in [6.45, 7) is 5.27. The second-order valence-electron chi connectivity index (χ2n) is 4.61. The van der Waals surface area contributed by atoms with E-state index in [1.165, 1.54) is 6.92 Å². The zero-order valence-electron chi connectivity index (χ0n) is 9.90. The molecular formula is C12H15BrO4. The van der Waals surface area contributed by atoms with E-state index in [-0.39, 0.29) is 11.5 Å². The Hall–Kier alpha value is -1.10. The topological polar surface area (TPSA) is 74.6 Å². The van der Waals surface area contributed by atoms with Crippen molar-refractivity contribution in [1.29, 1.82) is 0 Å². The maximum Gasteiger partial charge on any atom is 0.333 e. The number of rotatable bonds is 3. The van der Waals surface area contributed by atoms with E-state index in [1.54, 1.807) is 12.2 Å². The van der Waals surface area contributed by atoms with Gasteiger partial charge in [-0.1, -0.05) is 41.9 Å². The first-order valence-corrected chi connectivity index (χ1v) is 6.17. The molecule has 2 atom stereocenters. The second kappa shape index (κ2) is 4.64. The standard InChI is InChI=1S/C12H15BrO4/c1-6(2)7-4-5-12(3,11(16)17)9(13)8(7)10(14)15/h4-6,9H,1-3H3,(H,14,15)(H,16,17). The molecule has 0 radical (unpaired) electrons. The minimum Gasteiger partial charge on any atom is -0.481 e. The van der Waals surface area contributed by atoms with Crippen LogP contribution in [0.5, 0.6) is 0 Å². The molecule has 94 valence electrons. The van der Waals surface area contributed by atoms with E-state index in [2.05, 4.69) is 15.9 Å². The fourth-order valence-corrected chi connectivity index (χ4v) is 2.61. The van der Waals surface area contributed by atoms with Crippen LogP contribution in [0.4, 0.5) is 0 Å². The number of hydrogen-bond donors (Lipinski definition) is 2. The molecule has 0 fully saturated rings. The molecule has 17 heavy (non-hydrogen) atoms. The summed E-state index contributed by atoms with van der Waals surface area (Å²) in [6, 6.07) is 0. The van der Waals surface area contributed by atoms with E-state index in [4.69, 9.17) is 0 Å². The molecule has 5 heteroatoms. The first kappa shape index (κ1) is 14.0. The van der Waals surface area contributed by atoms with Gasteiger partial charge in [-0.2, -0.15) is 0 Å². The van der Waals surface area contributed by atoms with E-state index in [0.29, 0.717) is 5.57 Å². The van der Waals surface area contributed by atoms with Gasteiger partial charge in [0.1, 0.15) is 5.41 Å². The first-order chi connectivity index (χ1) is 7.71. The van der Waals surface area contributed by atoms with Crippen molar-refractivity contribution in [2.24, 2.45) is 11.3 Å². The van der Waals surface area contributed by atoms with Crippen LogP contribution < -0.4 is 0 Å². The van der Waals surface area contributed by atoms with Gasteiger partial charge in [-0.15, -0.1) is 0 Å². The van der Waals surface area contributed by atoms with Crippen LogP contribution in [-0.4, -0.2) is 27.0 Å². The number of halogens is 1. The van der Waals surface area contributed by atoms with E-state index >= 15 is 0 Å². The molecule has 0 saturated heterocycles. The van der Waals surface area contributed by atoms with Gasteiger partial charge in [0.2, 0.25) is 0 Å².